The normalized spacial score (nSPS) is 21.0. The number of hydrogen-bond donors (Lipinski definition) is 1. The van der Waals surface area contributed by atoms with Crippen molar-refractivity contribution in [1.82, 2.24) is 19.7 Å². The summed E-state index contributed by atoms with van der Waals surface area (Å²) < 4.78 is 8.22. The van der Waals surface area contributed by atoms with Gasteiger partial charge in [0.05, 0.1) is 6.10 Å². The lowest BCUT2D eigenvalue weighted by atomic mass is 10.1. The standard InChI is InChI=1S/C19H22N4OS/c1-2-7-17-15(6-1)16(11-20-17)18-21-22-19(23(18)13-8-9-13)25-12-14-5-3-4-10-24-14/h1-2,6-7,11,13-14,20H,3-5,8-10,12H2/t14-/m0/s1. The predicted molar refractivity (Wildman–Crippen MR) is 99.9 cm³/mol. The van der Waals surface area contributed by atoms with Gasteiger partial charge in [-0.05, 0) is 38.2 Å². The summed E-state index contributed by atoms with van der Waals surface area (Å²) in [6.07, 6.45) is 8.51. The second kappa shape index (κ2) is 6.50. The first-order chi connectivity index (χ1) is 12.4. The molecule has 6 heteroatoms. The van der Waals surface area contributed by atoms with Crippen LogP contribution in [0.15, 0.2) is 35.6 Å². The van der Waals surface area contributed by atoms with E-state index in [2.05, 4.69) is 50.2 Å². The van der Waals surface area contributed by atoms with Gasteiger partial charge in [-0.2, -0.15) is 0 Å². The molecule has 0 spiro atoms. The Hall–Kier alpha value is -1.79. The lowest BCUT2D eigenvalue weighted by molar-refractivity contribution is 0.0315. The molecule has 0 unspecified atom stereocenters. The molecule has 3 aromatic rings. The minimum Gasteiger partial charge on any atom is -0.377 e. The smallest absolute Gasteiger partial charge is 0.191 e. The van der Waals surface area contributed by atoms with Gasteiger partial charge < -0.3 is 9.72 Å². The molecule has 2 aromatic heterocycles. The first-order valence-corrected chi connectivity index (χ1v) is 10.1. The van der Waals surface area contributed by atoms with Gasteiger partial charge in [-0.25, -0.2) is 0 Å². The molecular weight excluding hydrogens is 332 g/mol. The highest BCUT2D eigenvalue weighted by Crippen LogP contribution is 2.42. The molecule has 1 saturated heterocycles. The monoisotopic (exact) mass is 354 g/mol. The molecule has 1 aliphatic carbocycles. The zero-order valence-corrected chi connectivity index (χ0v) is 15.0. The largest absolute Gasteiger partial charge is 0.377 e. The van der Waals surface area contributed by atoms with Crippen LogP contribution in [0.25, 0.3) is 22.3 Å². The molecule has 1 aliphatic heterocycles. The Kier molecular flexibility index (Phi) is 4.02. The van der Waals surface area contributed by atoms with Gasteiger partial charge in [-0.1, -0.05) is 30.0 Å². The summed E-state index contributed by atoms with van der Waals surface area (Å²) >= 11 is 1.80. The second-order valence-corrected chi connectivity index (χ2v) is 7.94. The quantitative estimate of drug-likeness (QED) is 0.689. The second-order valence-electron chi connectivity index (χ2n) is 6.95. The highest BCUT2D eigenvalue weighted by Gasteiger charge is 2.31. The van der Waals surface area contributed by atoms with Gasteiger partial charge in [-0.15, -0.1) is 10.2 Å². The summed E-state index contributed by atoms with van der Waals surface area (Å²) in [4.78, 5) is 3.36. The fourth-order valence-electron chi connectivity index (χ4n) is 3.58. The molecule has 5 nitrogen and oxygen atoms in total. The Balaban J connectivity index is 1.45. The Morgan fingerprint density at radius 3 is 2.92 bits per heavy atom. The van der Waals surface area contributed by atoms with E-state index in [9.17, 15) is 0 Å². The highest BCUT2D eigenvalue weighted by atomic mass is 32.2. The number of ether oxygens (including phenoxy) is 1. The maximum absolute atomic E-state index is 5.87. The molecule has 5 rings (SSSR count). The molecular formula is C19H22N4OS. The van der Waals surface area contributed by atoms with Crippen LogP contribution in [-0.4, -0.2) is 38.2 Å². The van der Waals surface area contributed by atoms with Gasteiger partial charge in [0.1, 0.15) is 0 Å². The summed E-state index contributed by atoms with van der Waals surface area (Å²) in [5, 5.41) is 11.3. The van der Waals surface area contributed by atoms with E-state index in [-0.39, 0.29) is 0 Å². The number of aromatic amines is 1. The number of H-pyrrole nitrogens is 1. The third kappa shape index (κ3) is 2.98. The average Bonchev–Trinajstić information content (AvgIpc) is 3.27. The van der Waals surface area contributed by atoms with E-state index < -0.39 is 0 Å². The van der Waals surface area contributed by atoms with Crippen molar-refractivity contribution in [3.8, 4) is 11.4 Å². The van der Waals surface area contributed by atoms with E-state index in [1.165, 1.54) is 37.5 Å². The van der Waals surface area contributed by atoms with E-state index >= 15 is 0 Å². The number of benzene rings is 1. The van der Waals surface area contributed by atoms with Gasteiger partial charge in [-0.3, -0.25) is 4.57 Å². The molecule has 1 aromatic carbocycles. The van der Waals surface area contributed by atoms with Gasteiger partial charge in [0, 0.05) is 41.1 Å². The van der Waals surface area contributed by atoms with Gasteiger partial charge in [0.25, 0.3) is 0 Å². The predicted octanol–water partition coefficient (Wildman–Crippen LogP) is 4.42. The summed E-state index contributed by atoms with van der Waals surface area (Å²) in [5.74, 6) is 1.96. The number of rotatable bonds is 5. The van der Waals surface area contributed by atoms with Gasteiger partial charge in [0.2, 0.25) is 0 Å². The third-order valence-corrected chi connectivity index (χ3v) is 6.15. The van der Waals surface area contributed by atoms with Crippen molar-refractivity contribution in [2.24, 2.45) is 0 Å². The summed E-state index contributed by atoms with van der Waals surface area (Å²) in [7, 11) is 0. The minimum absolute atomic E-state index is 0.361. The summed E-state index contributed by atoms with van der Waals surface area (Å²) in [6, 6.07) is 8.93. The molecule has 1 N–H and O–H groups in total. The van der Waals surface area contributed by atoms with Crippen LogP contribution >= 0.6 is 11.8 Å². The van der Waals surface area contributed by atoms with Crippen LogP contribution in [0.2, 0.25) is 0 Å². The summed E-state index contributed by atoms with van der Waals surface area (Å²) in [5.41, 5.74) is 2.29. The van der Waals surface area contributed by atoms with Crippen molar-refractivity contribution in [3.63, 3.8) is 0 Å². The van der Waals surface area contributed by atoms with Crippen LogP contribution in [0.5, 0.6) is 0 Å². The van der Waals surface area contributed by atoms with Crippen LogP contribution < -0.4 is 0 Å². The van der Waals surface area contributed by atoms with E-state index in [1.807, 2.05) is 0 Å². The number of thioether (sulfide) groups is 1. The van der Waals surface area contributed by atoms with Crippen LogP contribution in [0.1, 0.15) is 38.1 Å². The Morgan fingerprint density at radius 2 is 2.08 bits per heavy atom. The number of fused-ring (bicyclic) bond motifs is 1. The van der Waals surface area contributed by atoms with Gasteiger partial charge >= 0.3 is 0 Å². The van der Waals surface area contributed by atoms with E-state index in [1.54, 1.807) is 11.8 Å². The van der Waals surface area contributed by atoms with Crippen LogP contribution in [0, 0.1) is 0 Å². The molecule has 1 atom stereocenters. The SMILES string of the molecule is c1ccc2c(-c3nnc(SC[C@@H]4CCCCO4)n3C3CC3)c[nH]c2c1. The van der Waals surface area contributed by atoms with Crippen molar-refractivity contribution in [2.45, 2.75) is 49.4 Å². The highest BCUT2D eigenvalue weighted by molar-refractivity contribution is 7.99. The number of hydrogen-bond acceptors (Lipinski definition) is 4. The molecule has 3 heterocycles. The maximum atomic E-state index is 5.87. The number of nitrogens with zero attached hydrogens (tertiary/aromatic N) is 3. The molecule has 0 bridgehead atoms. The molecule has 0 amide bonds. The Labute approximate surface area is 151 Å². The minimum atomic E-state index is 0.361. The zero-order valence-electron chi connectivity index (χ0n) is 14.1. The van der Waals surface area contributed by atoms with Crippen molar-refractivity contribution in [2.75, 3.05) is 12.4 Å². The number of aromatic nitrogens is 4. The Bertz CT molecular complexity index is 877. The zero-order chi connectivity index (χ0) is 16.6. The third-order valence-electron chi connectivity index (χ3n) is 5.08. The number of para-hydroxylation sites is 1. The topological polar surface area (TPSA) is 55.7 Å². The maximum Gasteiger partial charge on any atom is 0.191 e. The molecule has 2 aliphatic rings. The van der Waals surface area contributed by atoms with Crippen molar-refractivity contribution >= 4 is 22.7 Å². The molecule has 2 fully saturated rings. The van der Waals surface area contributed by atoms with Crippen molar-refractivity contribution < 1.29 is 4.74 Å². The summed E-state index contributed by atoms with van der Waals surface area (Å²) in [6.45, 7) is 0.904. The van der Waals surface area contributed by atoms with E-state index in [0.717, 1.165) is 34.4 Å². The number of nitrogens with one attached hydrogen (secondary N) is 1. The lowest BCUT2D eigenvalue weighted by Gasteiger charge is -2.21. The fraction of sp³-hybridized carbons (Fsp3) is 0.474. The molecule has 130 valence electrons. The van der Waals surface area contributed by atoms with Crippen LogP contribution in [0.3, 0.4) is 0 Å². The van der Waals surface area contributed by atoms with E-state index in [0.29, 0.717) is 12.1 Å². The lowest BCUT2D eigenvalue weighted by Crippen LogP contribution is -2.21. The Morgan fingerprint density at radius 1 is 1.16 bits per heavy atom. The fourth-order valence-corrected chi connectivity index (χ4v) is 4.65. The van der Waals surface area contributed by atoms with Gasteiger partial charge in [0.15, 0.2) is 11.0 Å². The van der Waals surface area contributed by atoms with Crippen LogP contribution in [-0.2, 0) is 4.74 Å². The van der Waals surface area contributed by atoms with Crippen LogP contribution in [0.4, 0.5) is 0 Å². The van der Waals surface area contributed by atoms with E-state index in [4.69, 9.17) is 4.74 Å². The molecule has 0 radical (unpaired) electrons. The molecule has 1 saturated carbocycles. The first kappa shape index (κ1) is 15.5. The van der Waals surface area contributed by atoms with Crippen molar-refractivity contribution in [3.05, 3.63) is 30.5 Å². The molecule has 25 heavy (non-hydrogen) atoms. The van der Waals surface area contributed by atoms with Crippen molar-refractivity contribution in [1.29, 1.82) is 0 Å². The first-order valence-electron chi connectivity index (χ1n) is 9.16. The average molecular weight is 354 g/mol.